The van der Waals surface area contributed by atoms with E-state index in [-0.39, 0.29) is 5.91 Å². The first-order valence-electron chi connectivity index (χ1n) is 6.28. The number of nitrogens with zero attached hydrogens (tertiary/aromatic N) is 2. The van der Waals surface area contributed by atoms with E-state index in [4.69, 9.17) is 11.6 Å². The summed E-state index contributed by atoms with van der Waals surface area (Å²) in [5.41, 5.74) is 1.20. The maximum absolute atomic E-state index is 12.2. The number of aromatic nitrogens is 2. The highest BCUT2D eigenvalue weighted by Gasteiger charge is 2.28. The Morgan fingerprint density at radius 1 is 1.47 bits per heavy atom. The van der Waals surface area contributed by atoms with Gasteiger partial charge in [-0.25, -0.2) is 4.98 Å². The van der Waals surface area contributed by atoms with E-state index in [1.54, 1.807) is 12.4 Å². The second kappa shape index (κ2) is 5.05. The largest absolute Gasteiger partial charge is 0.341 e. The quantitative estimate of drug-likeness (QED) is 0.916. The Bertz CT molecular complexity index is 582. The fourth-order valence-corrected chi connectivity index (χ4v) is 2.71. The highest BCUT2D eigenvalue weighted by Crippen LogP contribution is 2.29. The Hall–Kier alpha value is -1.81. The van der Waals surface area contributed by atoms with Gasteiger partial charge in [-0.15, -0.1) is 0 Å². The van der Waals surface area contributed by atoms with Crippen LogP contribution in [0.5, 0.6) is 0 Å². The standard InChI is InChI=1S/C14H14ClN3O/c15-12-3-1-2-10(8-12)11-4-7-18(9-11)14(19)13-16-5-6-17-13/h1-3,5-6,8,11H,4,7,9H2,(H,16,17). The molecule has 0 aliphatic carbocycles. The number of carbonyl (C=O) groups excluding carboxylic acids is 1. The van der Waals surface area contributed by atoms with Crippen LogP contribution in [-0.4, -0.2) is 33.9 Å². The van der Waals surface area contributed by atoms with Gasteiger partial charge in [0.25, 0.3) is 5.91 Å². The molecule has 1 unspecified atom stereocenters. The van der Waals surface area contributed by atoms with Crippen molar-refractivity contribution in [2.45, 2.75) is 12.3 Å². The second-order valence-electron chi connectivity index (χ2n) is 4.73. The number of halogens is 1. The average molecular weight is 276 g/mol. The van der Waals surface area contributed by atoms with E-state index >= 15 is 0 Å². The van der Waals surface area contributed by atoms with Crippen LogP contribution in [-0.2, 0) is 0 Å². The number of likely N-dealkylation sites (tertiary alicyclic amines) is 1. The van der Waals surface area contributed by atoms with Crippen molar-refractivity contribution < 1.29 is 4.79 Å². The molecule has 1 aliphatic heterocycles. The molecule has 98 valence electrons. The zero-order valence-corrected chi connectivity index (χ0v) is 11.1. The number of rotatable bonds is 2. The van der Waals surface area contributed by atoms with Crippen LogP contribution >= 0.6 is 11.6 Å². The molecule has 0 bridgehead atoms. The van der Waals surface area contributed by atoms with Gasteiger partial charge in [0, 0.05) is 36.4 Å². The molecular formula is C14H14ClN3O. The number of benzene rings is 1. The number of H-pyrrole nitrogens is 1. The Kier molecular flexibility index (Phi) is 3.25. The van der Waals surface area contributed by atoms with E-state index in [1.807, 2.05) is 23.1 Å². The van der Waals surface area contributed by atoms with E-state index in [2.05, 4.69) is 16.0 Å². The highest BCUT2D eigenvalue weighted by molar-refractivity contribution is 6.30. The fraction of sp³-hybridized carbons (Fsp3) is 0.286. The molecule has 0 radical (unpaired) electrons. The number of hydrogen-bond acceptors (Lipinski definition) is 2. The van der Waals surface area contributed by atoms with Crippen LogP contribution in [0, 0.1) is 0 Å². The van der Waals surface area contributed by atoms with Crippen LogP contribution in [0.3, 0.4) is 0 Å². The smallest absolute Gasteiger partial charge is 0.289 e. The van der Waals surface area contributed by atoms with Gasteiger partial charge in [0.05, 0.1) is 0 Å². The van der Waals surface area contributed by atoms with Crippen LogP contribution < -0.4 is 0 Å². The van der Waals surface area contributed by atoms with Crippen molar-refractivity contribution in [2.24, 2.45) is 0 Å². The summed E-state index contributed by atoms with van der Waals surface area (Å²) < 4.78 is 0. The minimum Gasteiger partial charge on any atom is -0.341 e. The minimum atomic E-state index is -0.0328. The lowest BCUT2D eigenvalue weighted by Gasteiger charge is -2.15. The van der Waals surface area contributed by atoms with Crippen LogP contribution in [0.1, 0.15) is 28.5 Å². The molecule has 2 heterocycles. The van der Waals surface area contributed by atoms with Gasteiger partial charge < -0.3 is 9.88 Å². The van der Waals surface area contributed by atoms with Crippen LogP contribution in [0.4, 0.5) is 0 Å². The monoisotopic (exact) mass is 275 g/mol. The molecular weight excluding hydrogens is 262 g/mol. The van der Waals surface area contributed by atoms with Gasteiger partial charge in [0.2, 0.25) is 0 Å². The van der Waals surface area contributed by atoms with Gasteiger partial charge in [0.15, 0.2) is 5.82 Å². The van der Waals surface area contributed by atoms with E-state index in [1.165, 1.54) is 5.56 Å². The first-order chi connectivity index (χ1) is 9.24. The van der Waals surface area contributed by atoms with Gasteiger partial charge in [-0.1, -0.05) is 23.7 Å². The van der Waals surface area contributed by atoms with Gasteiger partial charge >= 0.3 is 0 Å². The molecule has 3 rings (SSSR count). The van der Waals surface area contributed by atoms with Crippen LogP contribution in [0.2, 0.25) is 5.02 Å². The van der Waals surface area contributed by atoms with Crippen molar-refractivity contribution in [3.63, 3.8) is 0 Å². The van der Waals surface area contributed by atoms with Crippen LogP contribution in [0.25, 0.3) is 0 Å². The number of nitrogens with one attached hydrogen (secondary N) is 1. The van der Waals surface area contributed by atoms with Crippen molar-refractivity contribution in [3.05, 3.63) is 53.1 Å². The second-order valence-corrected chi connectivity index (χ2v) is 5.17. The molecule has 4 nitrogen and oxygen atoms in total. The summed E-state index contributed by atoms with van der Waals surface area (Å²) in [5.74, 6) is 0.735. The molecule has 1 atom stereocenters. The number of hydrogen-bond donors (Lipinski definition) is 1. The first-order valence-corrected chi connectivity index (χ1v) is 6.66. The summed E-state index contributed by atoms with van der Waals surface area (Å²) in [7, 11) is 0. The average Bonchev–Trinajstić information content (AvgIpc) is 3.10. The topological polar surface area (TPSA) is 49.0 Å². The summed E-state index contributed by atoms with van der Waals surface area (Å²) in [6.45, 7) is 1.48. The molecule has 1 saturated heterocycles. The normalized spacial score (nSPS) is 18.8. The zero-order valence-electron chi connectivity index (χ0n) is 10.3. The van der Waals surface area contributed by atoms with Crippen molar-refractivity contribution in [1.82, 2.24) is 14.9 Å². The van der Waals surface area contributed by atoms with Gasteiger partial charge in [-0.2, -0.15) is 0 Å². The molecule has 19 heavy (non-hydrogen) atoms. The number of aromatic amines is 1. The van der Waals surface area contributed by atoms with E-state index in [0.717, 1.165) is 24.5 Å². The summed E-state index contributed by atoms with van der Waals surface area (Å²) in [6, 6.07) is 7.87. The Morgan fingerprint density at radius 2 is 2.37 bits per heavy atom. The lowest BCUT2D eigenvalue weighted by Crippen LogP contribution is -2.29. The number of carbonyl (C=O) groups is 1. The van der Waals surface area contributed by atoms with E-state index in [0.29, 0.717) is 11.7 Å². The summed E-state index contributed by atoms with van der Waals surface area (Å²) in [5, 5.41) is 0.744. The lowest BCUT2D eigenvalue weighted by molar-refractivity contribution is 0.0780. The Morgan fingerprint density at radius 3 is 3.11 bits per heavy atom. The molecule has 0 spiro atoms. The maximum atomic E-state index is 12.2. The van der Waals surface area contributed by atoms with E-state index in [9.17, 15) is 4.79 Å². The SMILES string of the molecule is O=C(c1ncc[nH]1)N1CCC(c2cccc(Cl)c2)C1. The van der Waals surface area contributed by atoms with Gasteiger partial charge in [-0.3, -0.25) is 4.79 Å². The zero-order chi connectivity index (χ0) is 13.2. The maximum Gasteiger partial charge on any atom is 0.289 e. The third-order valence-electron chi connectivity index (χ3n) is 3.50. The van der Waals surface area contributed by atoms with Crippen molar-refractivity contribution in [3.8, 4) is 0 Å². The molecule has 0 saturated carbocycles. The summed E-state index contributed by atoms with van der Waals surface area (Å²) in [4.78, 5) is 20.9. The van der Waals surface area contributed by atoms with Crippen molar-refractivity contribution >= 4 is 17.5 Å². The minimum absolute atomic E-state index is 0.0328. The predicted molar refractivity (Wildman–Crippen MR) is 73.3 cm³/mol. The van der Waals surface area contributed by atoms with Gasteiger partial charge in [-0.05, 0) is 24.1 Å². The molecule has 1 N–H and O–H groups in total. The van der Waals surface area contributed by atoms with Crippen molar-refractivity contribution in [2.75, 3.05) is 13.1 Å². The Labute approximate surface area is 116 Å². The molecule has 1 aromatic heterocycles. The lowest BCUT2D eigenvalue weighted by atomic mass is 9.99. The molecule has 1 amide bonds. The predicted octanol–water partition coefficient (Wildman–Crippen LogP) is 2.69. The third kappa shape index (κ3) is 2.49. The molecule has 2 aromatic rings. The number of imidazole rings is 1. The number of amides is 1. The first kappa shape index (κ1) is 12.2. The fourth-order valence-electron chi connectivity index (χ4n) is 2.51. The molecule has 1 aromatic carbocycles. The molecule has 5 heteroatoms. The van der Waals surface area contributed by atoms with Crippen LogP contribution in [0.15, 0.2) is 36.7 Å². The molecule has 1 aliphatic rings. The summed E-state index contributed by atoms with van der Waals surface area (Å²) >= 11 is 6.01. The molecule has 1 fully saturated rings. The Balaban J connectivity index is 1.72. The van der Waals surface area contributed by atoms with Gasteiger partial charge in [0.1, 0.15) is 0 Å². The van der Waals surface area contributed by atoms with E-state index < -0.39 is 0 Å². The summed E-state index contributed by atoms with van der Waals surface area (Å²) in [6.07, 6.45) is 4.22. The highest BCUT2D eigenvalue weighted by atomic mass is 35.5. The third-order valence-corrected chi connectivity index (χ3v) is 3.73. The van der Waals surface area contributed by atoms with Crippen molar-refractivity contribution in [1.29, 1.82) is 0 Å².